The van der Waals surface area contributed by atoms with Crippen LogP contribution in [0.2, 0.25) is 0 Å². The van der Waals surface area contributed by atoms with Crippen LogP contribution in [0.5, 0.6) is 0 Å². The summed E-state index contributed by atoms with van der Waals surface area (Å²) in [5.74, 6) is -0.688. The molecule has 7 aromatic rings. The number of aliphatic carboxylic acids is 1. The molecule has 0 saturated heterocycles. The van der Waals surface area contributed by atoms with Gasteiger partial charge in [-0.2, -0.15) is 0 Å². The van der Waals surface area contributed by atoms with Gasteiger partial charge in [0.05, 0.1) is 6.42 Å². The minimum Gasteiger partial charge on any atom is -0.479 e. The Labute approximate surface area is 352 Å². The summed E-state index contributed by atoms with van der Waals surface area (Å²) in [5.41, 5.74) is 4.86. The number of amides is 5. The largest absolute Gasteiger partial charge is 0.479 e. The predicted octanol–water partition coefficient (Wildman–Crippen LogP) is 8.95. The first-order valence-corrected chi connectivity index (χ1v) is 19.8. The Balaban J connectivity index is 1.10. The number of nitrogens with one attached hydrogen (secondary N) is 6. The van der Waals surface area contributed by atoms with Crippen molar-refractivity contribution >= 4 is 79.9 Å². The van der Waals surface area contributed by atoms with Crippen LogP contribution >= 0.6 is 0 Å². The average molecular weight is 816 g/mol. The third-order valence-corrected chi connectivity index (χ3v) is 9.82. The normalized spacial score (nSPS) is 11.3. The Morgan fingerprint density at radius 3 is 1.72 bits per heavy atom. The fraction of sp³-hybridized carbons (Fsp3) is 0.149. The van der Waals surface area contributed by atoms with Crippen molar-refractivity contribution in [2.45, 2.75) is 32.9 Å². The van der Waals surface area contributed by atoms with Crippen molar-refractivity contribution in [3.8, 4) is 0 Å². The van der Waals surface area contributed by atoms with Crippen molar-refractivity contribution in [2.75, 3.05) is 34.4 Å². The van der Waals surface area contributed by atoms with E-state index in [2.05, 4.69) is 41.9 Å². The first kappa shape index (κ1) is 41.2. The highest BCUT2D eigenvalue weighted by atomic mass is 16.4. The Hall–Kier alpha value is -8.00. The Morgan fingerprint density at radius 1 is 0.607 bits per heavy atom. The standard InChI is InChI=1S/C47H45N9O5/c1-3-48-46(60)54-41-25-32-13-9-17-39(37(32)27-50-41)52-35-21-19-30(20-22-35)23-43(57)56(29-31-11-6-5-7-12-31)44(45(58)59)34-15-8-16-36(24-34)53-40-18-10-14-33-26-42(51-28-38(33)40)55-47(61)49-4-2/h5-22,24-28,44,52-53H,3-4,23,29H2,1-2H3,(H,58,59)(H2,48,50,54,60)(H2,49,51,55,61). The lowest BCUT2D eigenvalue weighted by Crippen LogP contribution is -2.39. The Morgan fingerprint density at radius 2 is 1.16 bits per heavy atom. The summed E-state index contributed by atoms with van der Waals surface area (Å²) in [6, 6.07) is 36.8. The number of fused-ring (bicyclic) bond motifs is 2. The van der Waals surface area contributed by atoms with E-state index in [1.54, 1.807) is 42.7 Å². The second kappa shape index (κ2) is 19.2. The van der Waals surface area contributed by atoms with Crippen molar-refractivity contribution < 1.29 is 24.3 Å². The van der Waals surface area contributed by atoms with Gasteiger partial charge in [-0.3, -0.25) is 15.4 Å². The summed E-state index contributed by atoms with van der Waals surface area (Å²) in [7, 11) is 0. The second-order valence-electron chi connectivity index (χ2n) is 14.2. The number of hydrogen-bond acceptors (Lipinski definition) is 8. The molecule has 0 spiro atoms. The molecule has 7 N–H and O–H groups in total. The molecule has 61 heavy (non-hydrogen) atoms. The van der Waals surface area contributed by atoms with Gasteiger partial charge in [0.1, 0.15) is 11.6 Å². The molecule has 0 radical (unpaired) electrons. The van der Waals surface area contributed by atoms with Gasteiger partial charge in [0.2, 0.25) is 5.91 Å². The number of pyridine rings is 2. The molecule has 1 unspecified atom stereocenters. The van der Waals surface area contributed by atoms with Gasteiger partial charge in [0.15, 0.2) is 6.04 Å². The third-order valence-electron chi connectivity index (χ3n) is 9.82. The molecule has 2 aromatic heterocycles. The average Bonchev–Trinajstić information content (AvgIpc) is 3.25. The number of rotatable bonds is 15. The van der Waals surface area contributed by atoms with Crippen LogP contribution in [0.25, 0.3) is 21.5 Å². The highest BCUT2D eigenvalue weighted by Crippen LogP contribution is 2.32. The number of carboxylic acid groups (broad SMARTS) is 1. The molecule has 14 heteroatoms. The van der Waals surface area contributed by atoms with Crippen LogP contribution in [-0.2, 0) is 22.6 Å². The summed E-state index contributed by atoms with van der Waals surface area (Å²) in [6.45, 7) is 4.73. The molecular formula is C47H45N9O5. The van der Waals surface area contributed by atoms with Crippen LogP contribution in [0.15, 0.2) is 140 Å². The molecule has 1 atom stereocenters. The van der Waals surface area contributed by atoms with E-state index in [-0.39, 0.29) is 30.9 Å². The number of benzene rings is 5. The monoisotopic (exact) mass is 815 g/mol. The minimum atomic E-state index is -1.30. The zero-order valence-electron chi connectivity index (χ0n) is 33.6. The van der Waals surface area contributed by atoms with Crippen LogP contribution in [0.3, 0.4) is 0 Å². The molecule has 2 heterocycles. The summed E-state index contributed by atoms with van der Waals surface area (Å²) in [4.78, 5) is 61.8. The van der Waals surface area contributed by atoms with Crippen molar-refractivity contribution in [1.29, 1.82) is 0 Å². The summed E-state index contributed by atoms with van der Waals surface area (Å²) >= 11 is 0. The van der Waals surface area contributed by atoms with Gasteiger partial charge in [-0.15, -0.1) is 0 Å². The van der Waals surface area contributed by atoms with Gasteiger partial charge in [0.25, 0.3) is 0 Å². The zero-order valence-corrected chi connectivity index (χ0v) is 33.6. The number of carboxylic acids is 1. The van der Waals surface area contributed by atoms with Gasteiger partial charge in [0, 0.05) is 65.5 Å². The lowest BCUT2D eigenvalue weighted by atomic mass is 10.0. The topological polar surface area (TPSA) is 190 Å². The Bertz CT molecular complexity index is 2690. The van der Waals surface area contributed by atoms with Crippen LogP contribution in [-0.4, -0.2) is 57.0 Å². The van der Waals surface area contributed by atoms with Crippen LogP contribution < -0.4 is 31.9 Å². The van der Waals surface area contributed by atoms with Gasteiger partial charge in [-0.1, -0.05) is 78.9 Å². The van der Waals surface area contributed by atoms with E-state index in [1.807, 2.05) is 111 Å². The molecule has 0 aliphatic rings. The minimum absolute atomic E-state index is 0.0334. The number of carbonyl (C=O) groups excluding carboxylic acids is 3. The SMILES string of the molecule is CCNC(=O)Nc1cc2cccc(Nc3ccc(CC(=O)N(Cc4ccccc4)C(C(=O)O)c4cccc(Nc5cccc6cc(NC(=O)NCC)ncc56)c4)cc3)c2cn1. The van der Waals surface area contributed by atoms with E-state index in [0.29, 0.717) is 41.5 Å². The number of hydrogen-bond donors (Lipinski definition) is 7. The van der Waals surface area contributed by atoms with E-state index in [1.165, 1.54) is 4.90 Å². The maximum absolute atomic E-state index is 14.3. The molecule has 308 valence electrons. The van der Waals surface area contributed by atoms with Crippen molar-refractivity contribution in [3.63, 3.8) is 0 Å². The summed E-state index contributed by atoms with van der Waals surface area (Å²) in [5, 5.41) is 31.8. The van der Waals surface area contributed by atoms with Gasteiger partial charge < -0.3 is 31.3 Å². The molecule has 0 fully saturated rings. The maximum Gasteiger partial charge on any atom is 0.331 e. The molecule has 0 aliphatic carbocycles. The summed E-state index contributed by atoms with van der Waals surface area (Å²) in [6.07, 6.45) is 3.33. The van der Waals surface area contributed by atoms with Gasteiger partial charge in [-0.05, 0) is 89.8 Å². The van der Waals surface area contributed by atoms with E-state index < -0.39 is 12.0 Å². The molecule has 5 aromatic carbocycles. The van der Waals surface area contributed by atoms with E-state index in [4.69, 9.17) is 0 Å². The van der Waals surface area contributed by atoms with Gasteiger partial charge >= 0.3 is 18.0 Å². The molecule has 7 rings (SSSR count). The first-order chi connectivity index (χ1) is 29.7. The predicted molar refractivity (Wildman–Crippen MR) is 239 cm³/mol. The fourth-order valence-corrected chi connectivity index (χ4v) is 6.98. The third kappa shape index (κ3) is 10.4. The van der Waals surface area contributed by atoms with Crippen molar-refractivity contribution in [1.82, 2.24) is 25.5 Å². The molecule has 5 amide bonds. The Kier molecular flexibility index (Phi) is 12.9. The highest BCUT2D eigenvalue weighted by Gasteiger charge is 2.32. The van der Waals surface area contributed by atoms with E-state index >= 15 is 0 Å². The van der Waals surface area contributed by atoms with Crippen molar-refractivity contribution in [2.24, 2.45) is 0 Å². The quantitative estimate of drug-likeness (QED) is 0.0530. The van der Waals surface area contributed by atoms with Crippen LogP contribution in [0.1, 0.15) is 36.6 Å². The summed E-state index contributed by atoms with van der Waals surface area (Å²) < 4.78 is 0. The lowest BCUT2D eigenvalue weighted by Gasteiger charge is -2.30. The molecule has 0 aliphatic heterocycles. The first-order valence-electron chi connectivity index (χ1n) is 19.8. The molecular weight excluding hydrogens is 771 g/mol. The van der Waals surface area contributed by atoms with Crippen LogP contribution in [0.4, 0.5) is 44.0 Å². The lowest BCUT2D eigenvalue weighted by molar-refractivity contribution is -0.151. The number of carbonyl (C=O) groups is 4. The molecule has 0 bridgehead atoms. The zero-order chi connectivity index (χ0) is 42.7. The van der Waals surface area contributed by atoms with Gasteiger partial charge in [-0.25, -0.2) is 24.4 Å². The van der Waals surface area contributed by atoms with Crippen LogP contribution in [0, 0.1) is 0 Å². The van der Waals surface area contributed by atoms with E-state index in [9.17, 15) is 24.3 Å². The molecule has 14 nitrogen and oxygen atoms in total. The second-order valence-corrected chi connectivity index (χ2v) is 14.2. The number of urea groups is 2. The fourth-order valence-electron chi connectivity index (χ4n) is 6.98. The number of nitrogens with zero attached hydrogens (tertiary/aromatic N) is 3. The molecule has 0 saturated carbocycles. The van der Waals surface area contributed by atoms with E-state index in [0.717, 1.165) is 44.2 Å². The highest BCUT2D eigenvalue weighted by molar-refractivity contribution is 5.99. The maximum atomic E-state index is 14.3. The number of aromatic nitrogens is 2. The number of anilines is 6. The van der Waals surface area contributed by atoms with Crippen molar-refractivity contribution in [3.05, 3.63) is 156 Å². The smallest absolute Gasteiger partial charge is 0.331 e.